The lowest BCUT2D eigenvalue weighted by molar-refractivity contribution is -0.115. The summed E-state index contributed by atoms with van der Waals surface area (Å²) in [6.07, 6.45) is 6.77. The van der Waals surface area contributed by atoms with E-state index in [1.165, 1.54) is 6.42 Å². The van der Waals surface area contributed by atoms with Gasteiger partial charge in [-0.15, -0.1) is 0 Å². The molecule has 1 aliphatic rings. The van der Waals surface area contributed by atoms with Crippen molar-refractivity contribution in [2.75, 3.05) is 0 Å². The summed E-state index contributed by atoms with van der Waals surface area (Å²) in [6, 6.07) is 0. The van der Waals surface area contributed by atoms with Crippen LogP contribution in [-0.4, -0.2) is 11.9 Å². The molecule has 0 heterocycles. The van der Waals surface area contributed by atoms with E-state index in [0.717, 1.165) is 24.8 Å². The van der Waals surface area contributed by atoms with Crippen LogP contribution in [0.15, 0.2) is 11.8 Å². The standard InChI is InChI=1S/C11H18O2/c1-9(2)13-8-10-6-4-3-5-7-11(10)12/h8-9H,3-7H2,1-2H3/b10-8+. The van der Waals surface area contributed by atoms with E-state index >= 15 is 0 Å². The highest BCUT2D eigenvalue weighted by Crippen LogP contribution is 2.19. The number of allylic oxidation sites excluding steroid dienone is 1. The summed E-state index contributed by atoms with van der Waals surface area (Å²) in [4.78, 5) is 11.5. The van der Waals surface area contributed by atoms with Crippen LogP contribution in [0.2, 0.25) is 0 Å². The van der Waals surface area contributed by atoms with Gasteiger partial charge in [0.2, 0.25) is 0 Å². The first kappa shape index (κ1) is 10.3. The molecule has 1 saturated carbocycles. The molecule has 0 bridgehead atoms. The van der Waals surface area contributed by atoms with Crippen molar-refractivity contribution >= 4 is 5.78 Å². The topological polar surface area (TPSA) is 26.3 Å². The number of ketones is 1. The van der Waals surface area contributed by atoms with Gasteiger partial charge >= 0.3 is 0 Å². The van der Waals surface area contributed by atoms with E-state index in [9.17, 15) is 4.79 Å². The molecular weight excluding hydrogens is 164 g/mol. The predicted octanol–water partition coefficient (Wildman–Crippen LogP) is 2.83. The smallest absolute Gasteiger partial charge is 0.161 e. The molecule has 0 atom stereocenters. The van der Waals surface area contributed by atoms with Crippen LogP contribution in [-0.2, 0) is 9.53 Å². The third kappa shape index (κ3) is 3.62. The van der Waals surface area contributed by atoms with Crippen molar-refractivity contribution in [2.45, 2.75) is 52.1 Å². The Morgan fingerprint density at radius 3 is 2.62 bits per heavy atom. The summed E-state index contributed by atoms with van der Waals surface area (Å²) in [5, 5.41) is 0. The monoisotopic (exact) mass is 182 g/mol. The number of carbonyl (C=O) groups excluding carboxylic acids is 1. The highest BCUT2D eigenvalue weighted by atomic mass is 16.5. The quantitative estimate of drug-likeness (QED) is 0.373. The Morgan fingerprint density at radius 1 is 1.23 bits per heavy atom. The summed E-state index contributed by atoms with van der Waals surface area (Å²) in [5.41, 5.74) is 0.881. The molecule has 0 aliphatic heterocycles. The van der Waals surface area contributed by atoms with E-state index in [1.807, 2.05) is 13.8 Å². The zero-order chi connectivity index (χ0) is 9.68. The van der Waals surface area contributed by atoms with Crippen LogP contribution in [0.4, 0.5) is 0 Å². The normalized spacial score (nSPS) is 22.1. The second-order valence-corrected chi connectivity index (χ2v) is 3.81. The average molecular weight is 182 g/mol. The molecule has 13 heavy (non-hydrogen) atoms. The number of hydrogen-bond donors (Lipinski definition) is 0. The summed E-state index contributed by atoms with van der Waals surface area (Å²) >= 11 is 0. The molecule has 0 saturated heterocycles. The molecule has 1 fully saturated rings. The van der Waals surface area contributed by atoms with Crippen molar-refractivity contribution in [3.8, 4) is 0 Å². The van der Waals surface area contributed by atoms with Crippen LogP contribution >= 0.6 is 0 Å². The number of ether oxygens (including phenoxy) is 1. The summed E-state index contributed by atoms with van der Waals surface area (Å²) in [5.74, 6) is 0.276. The van der Waals surface area contributed by atoms with Gasteiger partial charge in [-0.1, -0.05) is 6.42 Å². The Bertz CT molecular complexity index is 204. The largest absolute Gasteiger partial charge is 0.498 e. The van der Waals surface area contributed by atoms with E-state index in [2.05, 4.69) is 0 Å². The van der Waals surface area contributed by atoms with Crippen molar-refractivity contribution in [3.63, 3.8) is 0 Å². The first-order chi connectivity index (χ1) is 6.20. The lowest BCUT2D eigenvalue weighted by Crippen LogP contribution is -2.03. The minimum atomic E-state index is 0.170. The fourth-order valence-electron chi connectivity index (χ4n) is 1.42. The van der Waals surface area contributed by atoms with Crippen LogP contribution < -0.4 is 0 Å². The van der Waals surface area contributed by atoms with Crippen LogP contribution in [0.5, 0.6) is 0 Å². The average Bonchev–Trinajstić information content (AvgIpc) is 2.27. The Morgan fingerprint density at radius 2 is 1.92 bits per heavy atom. The van der Waals surface area contributed by atoms with E-state index in [1.54, 1.807) is 6.26 Å². The van der Waals surface area contributed by atoms with E-state index in [-0.39, 0.29) is 11.9 Å². The molecule has 2 heteroatoms. The molecule has 0 spiro atoms. The fraction of sp³-hybridized carbons (Fsp3) is 0.727. The molecule has 74 valence electrons. The van der Waals surface area contributed by atoms with Crippen molar-refractivity contribution in [1.29, 1.82) is 0 Å². The van der Waals surface area contributed by atoms with Gasteiger partial charge in [-0.3, -0.25) is 4.79 Å². The van der Waals surface area contributed by atoms with Crippen molar-refractivity contribution in [3.05, 3.63) is 11.8 Å². The second-order valence-electron chi connectivity index (χ2n) is 3.81. The lowest BCUT2D eigenvalue weighted by Gasteiger charge is -2.06. The van der Waals surface area contributed by atoms with E-state index in [4.69, 9.17) is 4.74 Å². The van der Waals surface area contributed by atoms with Gasteiger partial charge in [-0.2, -0.15) is 0 Å². The third-order valence-corrected chi connectivity index (χ3v) is 2.19. The first-order valence-corrected chi connectivity index (χ1v) is 5.08. The Balaban J connectivity index is 2.53. The van der Waals surface area contributed by atoms with Gasteiger partial charge < -0.3 is 4.74 Å². The molecule has 0 unspecified atom stereocenters. The highest BCUT2D eigenvalue weighted by molar-refractivity contribution is 5.95. The van der Waals surface area contributed by atoms with Crippen molar-refractivity contribution in [2.24, 2.45) is 0 Å². The van der Waals surface area contributed by atoms with Gasteiger partial charge in [0.1, 0.15) is 0 Å². The molecule has 1 aliphatic carbocycles. The lowest BCUT2D eigenvalue weighted by atomic mass is 10.1. The number of rotatable bonds is 2. The van der Waals surface area contributed by atoms with Crippen molar-refractivity contribution in [1.82, 2.24) is 0 Å². The van der Waals surface area contributed by atoms with Gasteiger partial charge in [-0.05, 0) is 33.1 Å². The predicted molar refractivity (Wildman–Crippen MR) is 52.4 cm³/mol. The SMILES string of the molecule is CC(C)O/C=C1\CCCCCC1=O. The zero-order valence-electron chi connectivity index (χ0n) is 8.51. The second kappa shape index (κ2) is 5.05. The maximum atomic E-state index is 11.5. The number of hydrogen-bond acceptors (Lipinski definition) is 2. The Hall–Kier alpha value is -0.790. The molecule has 0 radical (unpaired) electrons. The van der Waals surface area contributed by atoms with Crippen LogP contribution in [0, 0.1) is 0 Å². The Kier molecular flexibility index (Phi) is 4.00. The maximum absolute atomic E-state index is 11.5. The maximum Gasteiger partial charge on any atom is 0.161 e. The van der Waals surface area contributed by atoms with Crippen molar-refractivity contribution < 1.29 is 9.53 Å². The summed E-state index contributed by atoms with van der Waals surface area (Å²) in [7, 11) is 0. The van der Waals surface area contributed by atoms with Crippen LogP contribution in [0.3, 0.4) is 0 Å². The third-order valence-electron chi connectivity index (χ3n) is 2.19. The zero-order valence-corrected chi connectivity index (χ0v) is 8.51. The van der Waals surface area contributed by atoms with Gasteiger partial charge in [0.15, 0.2) is 5.78 Å². The Labute approximate surface area is 80.0 Å². The summed E-state index contributed by atoms with van der Waals surface area (Å²) < 4.78 is 5.32. The molecular formula is C11H18O2. The molecule has 0 N–H and O–H groups in total. The van der Waals surface area contributed by atoms with Gasteiger partial charge in [0, 0.05) is 12.0 Å². The molecule has 0 aromatic carbocycles. The fourth-order valence-corrected chi connectivity index (χ4v) is 1.42. The summed E-state index contributed by atoms with van der Waals surface area (Å²) in [6.45, 7) is 3.94. The molecule has 0 aromatic rings. The number of Topliss-reactive ketones (excluding diaryl/α,β-unsaturated/α-hetero) is 1. The molecule has 2 nitrogen and oxygen atoms in total. The van der Waals surface area contributed by atoms with Gasteiger partial charge in [-0.25, -0.2) is 0 Å². The van der Waals surface area contributed by atoms with E-state index in [0.29, 0.717) is 6.42 Å². The van der Waals surface area contributed by atoms with Gasteiger partial charge in [0.05, 0.1) is 12.4 Å². The van der Waals surface area contributed by atoms with Gasteiger partial charge in [0.25, 0.3) is 0 Å². The molecule has 0 amide bonds. The minimum Gasteiger partial charge on any atom is -0.498 e. The number of carbonyl (C=O) groups is 1. The molecule has 1 rings (SSSR count). The van der Waals surface area contributed by atoms with Crippen LogP contribution in [0.25, 0.3) is 0 Å². The van der Waals surface area contributed by atoms with Crippen LogP contribution in [0.1, 0.15) is 46.0 Å². The first-order valence-electron chi connectivity index (χ1n) is 5.08. The van der Waals surface area contributed by atoms with E-state index < -0.39 is 0 Å². The molecule has 0 aromatic heterocycles. The highest BCUT2D eigenvalue weighted by Gasteiger charge is 2.13. The minimum absolute atomic E-state index is 0.170.